The normalized spacial score (nSPS) is 20.9. The standard InChI is InChI=1S/C58H63FN12O8/c59-40-9-11-41(12-10-40)64-55(76)52(38-6-2-1-3-7-38)79-57(78)51-53(60)61-33-46(65-51)39-32-62-70(35-39)43-17-23-68(24-18-43)44-30-58(31-44)19-25-67(26-20-58)34-36-15-21-69(22-16-36)49(73)28-37-5-4-8-42(27-37)63-45-29-50(74)71(56(45)77)47-13-14-48(72)66-54(47)75/h1-12,27,29,32-33,35-36,43-44,47,52,63H,13-26,28,30-31,34H2,(H2,60,61)(H,64,76)(H,66,72,75)/t47?,52-/m1/s1. The fraction of sp³-hybridized carbons (Fsp3) is 0.414. The SMILES string of the molecule is Nc1ncc(-c2cnn(C3CCN(C4CC5(CCN(CC6CCN(C(=O)Cc7cccc(NC8=CC(=O)N(C9CCC(=O)NC9=O)C8=O)c7)CC6)CC5)C4)CC3)c2)nc1C(=O)O[C@@H](C(=O)Nc1ccc(F)cc1)c1ccccc1. The predicted octanol–water partition coefficient (Wildman–Crippen LogP) is 5.43. The molecule has 1 saturated carbocycles. The first kappa shape index (κ1) is 52.9. The van der Waals surface area contributed by atoms with E-state index in [0.717, 1.165) is 88.0 Å². The first-order valence-corrected chi connectivity index (χ1v) is 27.3. The summed E-state index contributed by atoms with van der Waals surface area (Å²) in [6, 6.07) is 20.8. The van der Waals surface area contributed by atoms with E-state index in [4.69, 9.17) is 15.6 Å². The van der Waals surface area contributed by atoms with Crippen LogP contribution in [-0.4, -0.2) is 139 Å². The summed E-state index contributed by atoms with van der Waals surface area (Å²) < 4.78 is 21.3. The van der Waals surface area contributed by atoms with Gasteiger partial charge in [-0.15, -0.1) is 0 Å². The van der Waals surface area contributed by atoms with Crippen LogP contribution in [0.3, 0.4) is 0 Å². The molecule has 6 amide bonds. The number of esters is 1. The molecule has 0 bridgehead atoms. The summed E-state index contributed by atoms with van der Waals surface area (Å²) in [5.41, 5.74) is 9.50. The molecule has 1 spiro atoms. The average Bonchev–Trinajstić information content (AvgIpc) is 4.15. The van der Waals surface area contributed by atoms with Crippen LogP contribution in [0.25, 0.3) is 11.3 Å². The number of nitrogens with one attached hydrogen (secondary N) is 3. The fourth-order valence-electron chi connectivity index (χ4n) is 12.2. The van der Waals surface area contributed by atoms with Gasteiger partial charge < -0.3 is 35.8 Å². The Labute approximate surface area is 455 Å². The maximum absolute atomic E-state index is 13.6. The van der Waals surface area contributed by atoms with Crippen molar-refractivity contribution in [3.63, 3.8) is 0 Å². The van der Waals surface area contributed by atoms with Gasteiger partial charge in [0.25, 0.3) is 17.7 Å². The molecule has 6 aliphatic rings. The van der Waals surface area contributed by atoms with Crippen LogP contribution >= 0.6 is 0 Å². The second kappa shape index (κ2) is 22.7. The quantitative estimate of drug-likeness (QED) is 0.0754. The van der Waals surface area contributed by atoms with Gasteiger partial charge in [0.1, 0.15) is 17.6 Å². The number of benzene rings is 3. The Balaban J connectivity index is 0.596. The van der Waals surface area contributed by atoms with Crippen molar-refractivity contribution in [2.45, 2.75) is 94.9 Å². The third-order valence-corrected chi connectivity index (χ3v) is 16.7. The van der Waals surface area contributed by atoms with Crippen molar-refractivity contribution in [1.82, 2.24) is 44.7 Å². The zero-order valence-electron chi connectivity index (χ0n) is 43.7. The lowest BCUT2D eigenvalue weighted by molar-refractivity contribution is -0.149. The molecule has 5 aromatic rings. The minimum atomic E-state index is -1.36. The van der Waals surface area contributed by atoms with Gasteiger partial charge in [-0.05, 0) is 124 Å². The summed E-state index contributed by atoms with van der Waals surface area (Å²) in [6.45, 7) is 6.70. The smallest absolute Gasteiger partial charge is 0.361 e. The maximum atomic E-state index is 13.6. The van der Waals surface area contributed by atoms with Crippen molar-refractivity contribution in [3.8, 4) is 11.3 Å². The van der Waals surface area contributed by atoms with Crippen molar-refractivity contribution in [1.29, 1.82) is 0 Å². The van der Waals surface area contributed by atoms with Gasteiger partial charge in [-0.3, -0.25) is 43.7 Å². The fourth-order valence-corrected chi connectivity index (χ4v) is 12.2. The van der Waals surface area contributed by atoms with Crippen LogP contribution < -0.4 is 21.7 Å². The van der Waals surface area contributed by atoms with E-state index in [-0.39, 0.29) is 48.4 Å². The number of amides is 6. The number of aromatic nitrogens is 4. The number of anilines is 3. The minimum Gasteiger partial charge on any atom is -0.442 e. The van der Waals surface area contributed by atoms with Crippen molar-refractivity contribution in [2.24, 2.45) is 11.3 Å². The predicted molar refractivity (Wildman–Crippen MR) is 287 cm³/mol. The number of hydrogen-bond acceptors (Lipinski definition) is 15. The second-order valence-electron chi connectivity index (χ2n) is 21.9. The number of halogens is 1. The molecule has 5 fully saturated rings. The zero-order valence-corrected chi connectivity index (χ0v) is 43.7. The summed E-state index contributed by atoms with van der Waals surface area (Å²) >= 11 is 0. The molecule has 20 nitrogen and oxygen atoms in total. The van der Waals surface area contributed by atoms with E-state index in [2.05, 4.69) is 35.7 Å². The van der Waals surface area contributed by atoms with Crippen LogP contribution in [0.1, 0.15) is 98.0 Å². The zero-order chi connectivity index (χ0) is 54.8. The highest BCUT2D eigenvalue weighted by Crippen LogP contribution is 2.51. The van der Waals surface area contributed by atoms with E-state index in [1.165, 1.54) is 56.1 Å². The summed E-state index contributed by atoms with van der Waals surface area (Å²) in [5, 5.41) is 12.6. The highest BCUT2D eigenvalue weighted by Gasteiger charge is 2.48. The molecule has 410 valence electrons. The number of nitrogens with two attached hydrogens (primary N) is 1. The molecule has 1 unspecified atom stereocenters. The lowest BCUT2D eigenvalue weighted by atomic mass is 9.59. The Morgan fingerprint density at radius 1 is 0.835 bits per heavy atom. The Kier molecular flexibility index (Phi) is 15.2. The Morgan fingerprint density at radius 2 is 1.58 bits per heavy atom. The maximum Gasteiger partial charge on any atom is 0.361 e. The summed E-state index contributed by atoms with van der Waals surface area (Å²) in [7, 11) is 0. The molecule has 11 rings (SSSR count). The Hall–Kier alpha value is -8.17. The van der Waals surface area contributed by atoms with Gasteiger partial charge in [0.2, 0.25) is 23.8 Å². The van der Waals surface area contributed by atoms with Gasteiger partial charge in [-0.2, -0.15) is 5.10 Å². The average molecular weight is 1080 g/mol. The molecule has 1 aliphatic carbocycles. The summed E-state index contributed by atoms with van der Waals surface area (Å²) in [6.07, 6.45) is 14.0. The minimum absolute atomic E-state index is 0.0283. The van der Waals surface area contributed by atoms with Crippen LogP contribution in [0.2, 0.25) is 0 Å². The van der Waals surface area contributed by atoms with Gasteiger partial charge in [0.15, 0.2) is 11.5 Å². The first-order chi connectivity index (χ1) is 38.2. The molecule has 7 heterocycles. The number of carbonyl (C=O) groups excluding carboxylic acids is 7. The number of piperidine rings is 4. The summed E-state index contributed by atoms with van der Waals surface area (Å²) in [4.78, 5) is 107. The second-order valence-corrected chi connectivity index (χ2v) is 21.9. The van der Waals surface area contributed by atoms with E-state index < -0.39 is 53.5 Å². The molecule has 21 heteroatoms. The van der Waals surface area contributed by atoms with Crippen LogP contribution in [-0.2, 0) is 39.9 Å². The van der Waals surface area contributed by atoms with E-state index in [9.17, 15) is 38.0 Å². The number of nitrogen functional groups attached to an aromatic ring is 1. The molecule has 4 saturated heterocycles. The van der Waals surface area contributed by atoms with Crippen molar-refractivity contribution < 1.29 is 42.7 Å². The molecule has 79 heavy (non-hydrogen) atoms. The van der Waals surface area contributed by atoms with Crippen LogP contribution in [0.15, 0.2) is 109 Å². The largest absolute Gasteiger partial charge is 0.442 e. The third-order valence-electron chi connectivity index (χ3n) is 16.7. The molecule has 3 aromatic carbocycles. The molecular formula is C58H63FN12O8. The van der Waals surface area contributed by atoms with Gasteiger partial charge in [-0.25, -0.2) is 19.2 Å². The van der Waals surface area contributed by atoms with E-state index >= 15 is 0 Å². The Morgan fingerprint density at radius 3 is 2.32 bits per heavy atom. The number of imide groups is 2. The number of carbonyl (C=O) groups is 7. The van der Waals surface area contributed by atoms with Crippen molar-refractivity contribution in [3.05, 3.63) is 132 Å². The number of hydrogen-bond donors (Lipinski definition) is 4. The molecule has 5 N–H and O–H groups in total. The third kappa shape index (κ3) is 11.8. The highest BCUT2D eigenvalue weighted by molar-refractivity contribution is 6.20. The van der Waals surface area contributed by atoms with Gasteiger partial charge >= 0.3 is 5.97 Å². The lowest BCUT2D eigenvalue weighted by Gasteiger charge is -2.56. The van der Waals surface area contributed by atoms with Crippen molar-refractivity contribution >= 4 is 58.6 Å². The van der Waals surface area contributed by atoms with Crippen LogP contribution in [0.5, 0.6) is 0 Å². The molecule has 2 atom stereocenters. The van der Waals surface area contributed by atoms with E-state index in [1.807, 2.05) is 21.8 Å². The van der Waals surface area contributed by atoms with Gasteiger partial charge in [-0.1, -0.05) is 42.5 Å². The molecule has 5 aliphatic heterocycles. The number of likely N-dealkylation sites (tertiary alicyclic amines) is 3. The number of rotatable bonds is 15. The topological polar surface area (TPSA) is 247 Å². The van der Waals surface area contributed by atoms with Gasteiger partial charge in [0, 0.05) is 80.0 Å². The number of nitrogens with zero attached hydrogens (tertiary/aromatic N) is 8. The molecule has 0 radical (unpaired) electrons. The van der Waals surface area contributed by atoms with Crippen LogP contribution in [0, 0.1) is 17.2 Å². The number of ether oxygens (including phenoxy) is 1. The van der Waals surface area contributed by atoms with Crippen molar-refractivity contribution in [2.75, 3.05) is 62.2 Å². The van der Waals surface area contributed by atoms with E-state index in [1.54, 1.807) is 54.7 Å². The van der Waals surface area contributed by atoms with E-state index in [0.29, 0.717) is 45.6 Å². The van der Waals surface area contributed by atoms with Crippen LogP contribution in [0.4, 0.5) is 21.6 Å². The Bertz CT molecular complexity index is 3170. The van der Waals surface area contributed by atoms with Gasteiger partial charge in [0.05, 0.1) is 30.6 Å². The first-order valence-electron chi connectivity index (χ1n) is 27.3. The summed E-state index contributed by atoms with van der Waals surface area (Å²) in [5.74, 6) is -3.93. The lowest BCUT2D eigenvalue weighted by Crippen LogP contribution is -2.56. The highest BCUT2D eigenvalue weighted by atomic mass is 19.1. The molecular weight excluding hydrogens is 1010 g/mol. The molecule has 2 aromatic heterocycles. The monoisotopic (exact) mass is 1070 g/mol.